The van der Waals surface area contributed by atoms with Crippen LogP contribution in [0.1, 0.15) is 29.8 Å². The third kappa shape index (κ3) is 2.18. The van der Waals surface area contributed by atoms with Crippen molar-refractivity contribution in [2.24, 2.45) is 0 Å². The van der Waals surface area contributed by atoms with E-state index in [4.69, 9.17) is 0 Å². The van der Waals surface area contributed by atoms with E-state index in [0.717, 1.165) is 5.56 Å². The van der Waals surface area contributed by atoms with E-state index in [0.29, 0.717) is 5.56 Å². The number of phenolic OH excluding ortho intramolecular Hbond substituents is 1. The Bertz CT molecular complexity index is 351. The second kappa shape index (κ2) is 3.90. The number of benzene rings is 1. The molecule has 1 aromatic carbocycles. The van der Waals surface area contributed by atoms with E-state index >= 15 is 0 Å². The maximum atomic E-state index is 10.9. The summed E-state index contributed by atoms with van der Waals surface area (Å²) >= 11 is 0. The van der Waals surface area contributed by atoms with Crippen LogP contribution in [0.4, 0.5) is 0 Å². The summed E-state index contributed by atoms with van der Waals surface area (Å²) in [5, 5.41) is 9.47. The van der Waals surface area contributed by atoms with Crippen molar-refractivity contribution in [2.75, 3.05) is 0 Å². The number of ketones is 1. The molecule has 0 saturated carbocycles. The van der Waals surface area contributed by atoms with E-state index in [1.165, 1.54) is 13.0 Å². The first-order valence-electron chi connectivity index (χ1n) is 4.12. The number of carbonyl (C=O) groups is 1. The third-order valence-electron chi connectivity index (χ3n) is 1.78. The molecule has 2 heteroatoms. The second-order valence-electron chi connectivity index (χ2n) is 2.83. The molecule has 0 aliphatic rings. The molecule has 0 spiro atoms. The average molecular weight is 176 g/mol. The Morgan fingerprint density at radius 1 is 1.46 bits per heavy atom. The van der Waals surface area contributed by atoms with Gasteiger partial charge in [0.2, 0.25) is 0 Å². The van der Waals surface area contributed by atoms with Gasteiger partial charge in [-0.25, -0.2) is 0 Å². The Morgan fingerprint density at radius 3 is 2.62 bits per heavy atom. The van der Waals surface area contributed by atoms with Crippen molar-refractivity contribution in [1.82, 2.24) is 0 Å². The Morgan fingerprint density at radius 2 is 2.15 bits per heavy atom. The van der Waals surface area contributed by atoms with E-state index in [9.17, 15) is 9.90 Å². The fraction of sp³-hybridized carbons (Fsp3) is 0.182. The van der Waals surface area contributed by atoms with Gasteiger partial charge >= 0.3 is 0 Å². The Hall–Kier alpha value is -1.57. The second-order valence-corrected chi connectivity index (χ2v) is 2.83. The molecule has 0 fully saturated rings. The first-order chi connectivity index (χ1) is 6.15. The van der Waals surface area contributed by atoms with Gasteiger partial charge in [0.05, 0.1) is 0 Å². The van der Waals surface area contributed by atoms with Gasteiger partial charge in [0.1, 0.15) is 5.75 Å². The summed E-state index contributed by atoms with van der Waals surface area (Å²) < 4.78 is 0. The van der Waals surface area contributed by atoms with Crippen molar-refractivity contribution in [1.29, 1.82) is 0 Å². The van der Waals surface area contributed by atoms with Crippen LogP contribution in [0, 0.1) is 0 Å². The van der Waals surface area contributed by atoms with Crippen LogP contribution in [0.15, 0.2) is 24.3 Å². The lowest BCUT2D eigenvalue weighted by Crippen LogP contribution is -1.91. The zero-order valence-corrected chi connectivity index (χ0v) is 7.74. The third-order valence-corrected chi connectivity index (χ3v) is 1.78. The summed E-state index contributed by atoms with van der Waals surface area (Å²) in [6.07, 6.45) is 3.63. The Kier molecular flexibility index (Phi) is 2.85. The predicted molar refractivity (Wildman–Crippen MR) is 52.8 cm³/mol. The largest absolute Gasteiger partial charge is 0.507 e. The molecule has 0 aliphatic heterocycles. The molecule has 0 amide bonds. The number of rotatable bonds is 2. The molecule has 0 atom stereocenters. The van der Waals surface area contributed by atoms with E-state index in [1.54, 1.807) is 18.2 Å². The number of carbonyl (C=O) groups excluding carboxylic acids is 1. The lowest BCUT2D eigenvalue weighted by Gasteiger charge is -2.00. The molecule has 1 aromatic rings. The summed E-state index contributed by atoms with van der Waals surface area (Å²) in [6.45, 7) is 3.35. The smallest absolute Gasteiger partial charge is 0.159 e. The summed E-state index contributed by atoms with van der Waals surface area (Å²) in [7, 11) is 0. The van der Waals surface area contributed by atoms with Gasteiger partial charge in [-0.05, 0) is 19.9 Å². The standard InChI is InChI=1S/C11H12O2/c1-3-4-9-5-6-10(8(2)12)7-11(9)13/h3-7,13H,1-2H3/b4-3+. The summed E-state index contributed by atoms with van der Waals surface area (Å²) in [5.74, 6) is 0.105. The highest BCUT2D eigenvalue weighted by Crippen LogP contribution is 2.20. The SMILES string of the molecule is C/C=C/c1ccc(C(C)=O)cc1O. The predicted octanol–water partition coefficient (Wildman–Crippen LogP) is 2.63. The summed E-state index contributed by atoms with van der Waals surface area (Å²) in [6, 6.07) is 4.92. The molecule has 1 rings (SSSR count). The fourth-order valence-corrected chi connectivity index (χ4v) is 1.08. The van der Waals surface area contributed by atoms with Crippen LogP contribution in [-0.2, 0) is 0 Å². The monoisotopic (exact) mass is 176 g/mol. The number of Topliss-reactive ketones (excluding diaryl/α,β-unsaturated/α-hetero) is 1. The van der Waals surface area contributed by atoms with E-state index in [2.05, 4.69) is 0 Å². The molecule has 1 N–H and O–H groups in total. The molecule has 68 valence electrons. The van der Waals surface area contributed by atoms with E-state index < -0.39 is 0 Å². The van der Waals surface area contributed by atoms with Crippen molar-refractivity contribution >= 4 is 11.9 Å². The minimum atomic E-state index is -0.0395. The molecule has 0 aromatic heterocycles. The fourth-order valence-electron chi connectivity index (χ4n) is 1.08. The van der Waals surface area contributed by atoms with Crippen LogP contribution in [0.2, 0.25) is 0 Å². The van der Waals surface area contributed by atoms with Crippen LogP contribution in [0.3, 0.4) is 0 Å². The number of phenols is 1. The molecule has 13 heavy (non-hydrogen) atoms. The van der Waals surface area contributed by atoms with Crippen molar-refractivity contribution in [3.63, 3.8) is 0 Å². The molecule has 0 saturated heterocycles. The van der Waals surface area contributed by atoms with Crippen LogP contribution < -0.4 is 0 Å². The zero-order chi connectivity index (χ0) is 9.84. The topological polar surface area (TPSA) is 37.3 Å². The first-order valence-corrected chi connectivity index (χ1v) is 4.12. The van der Waals surface area contributed by atoms with Crippen molar-refractivity contribution in [3.05, 3.63) is 35.4 Å². The maximum absolute atomic E-state index is 10.9. The summed E-state index contributed by atoms with van der Waals surface area (Å²) in [4.78, 5) is 10.9. The van der Waals surface area contributed by atoms with Gasteiger partial charge in [-0.2, -0.15) is 0 Å². The molecular weight excluding hydrogens is 164 g/mol. The van der Waals surface area contributed by atoms with Gasteiger partial charge in [-0.1, -0.05) is 24.3 Å². The van der Waals surface area contributed by atoms with Crippen LogP contribution >= 0.6 is 0 Å². The van der Waals surface area contributed by atoms with Crippen LogP contribution in [0.25, 0.3) is 6.08 Å². The number of hydrogen-bond acceptors (Lipinski definition) is 2. The van der Waals surface area contributed by atoms with Crippen LogP contribution in [0.5, 0.6) is 5.75 Å². The van der Waals surface area contributed by atoms with Crippen molar-refractivity contribution in [3.8, 4) is 5.75 Å². The normalized spacial score (nSPS) is 10.6. The highest BCUT2D eigenvalue weighted by Gasteiger charge is 2.02. The molecule has 0 aliphatic carbocycles. The molecule has 2 nitrogen and oxygen atoms in total. The molecule has 0 unspecified atom stereocenters. The maximum Gasteiger partial charge on any atom is 0.159 e. The van der Waals surface area contributed by atoms with E-state index in [-0.39, 0.29) is 11.5 Å². The molecular formula is C11H12O2. The molecule has 0 heterocycles. The number of allylic oxidation sites excluding steroid dienone is 1. The lowest BCUT2D eigenvalue weighted by molar-refractivity contribution is 0.101. The highest BCUT2D eigenvalue weighted by atomic mass is 16.3. The quantitative estimate of drug-likeness (QED) is 0.703. The zero-order valence-electron chi connectivity index (χ0n) is 7.74. The summed E-state index contributed by atoms with van der Waals surface area (Å²) in [5.41, 5.74) is 1.26. The van der Waals surface area contributed by atoms with Gasteiger partial charge in [0, 0.05) is 11.1 Å². The Balaban J connectivity index is 3.12. The van der Waals surface area contributed by atoms with Crippen molar-refractivity contribution < 1.29 is 9.90 Å². The van der Waals surface area contributed by atoms with Crippen molar-refractivity contribution in [2.45, 2.75) is 13.8 Å². The Labute approximate surface area is 77.5 Å². The number of aromatic hydroxyl groups is 1. The van der Waals surface area contributed by atoms with Gasteiger partial charge in [0.15, 0.2) is 5.78 Å². The molecule has 0 bridgehead atoms. The highest BCUT2D eigenvalue weighted by molar-refractivity contribution is 5.94. The minimum absolute atomic E-state index is 0.0395. The van der Waals surface area contributed by atoms with Gasteiger partial charge in [0.25, 0.3) is 0 Å². The average Bonchev–Trinajstić information content (AvgIpc) is 2.08. The number of hydrogen-bond donors (Lipinski definition) is 1. The van der Waals surface area contributed by atoms with Gasteiger partial charge in [-0.15, -0.1) is 0 Å². The van der Waals surface area contributed by atoms with E-state index in [1.807, 2.05) is 13.0 Å². The minimum Gasteiger partial charge on any atom is -0.507 e. The molecule has 0 radical (unpaired) electrons. The first kappa shape index (κ1) is 9.52. The lowest BCUT2D eigenvalue weighted by atomic mass is 10.1. The van der Waals surface area contributed by atoms with Gasteiger partial charge in [-0.3, -0.25) is 4.79 Å². The van der Waals surface area contributed by atoms with Gasteiger partial charge < -0.3 is 5.11 Å². The van der Waals surface area contributed by atoms with Crippen LogP contribution in [-0.4, -0.2) is 10.9 Å².